The van der Waals surface area contributed by atoms with Gasteiger partial charge in [-0.15, -0.1) is 11.3 Å². The summed E-state index contributed by atoms with van der Waals surface area (Å²) in [6.45, 7) is 7.60. The standard InChI is InChI=1S/C19H21ClN4OS/c1-14-3-2-4-18-21-15(11-19(25)24(14)18)12-22-7-9-23(10-8-22)13-16-5-6-17(20)26-16/h2-6,11H,7-10,12-13H2,1H3. The molecule has 0 radical (unpaired) electrons. The Hall–Kier alpha value is -1.73. The number of nitrogens with zero attached hydrogens (tertiary/aromatic N) is 4. The Morgan fingerprint density at radius 2 is 1.81 bits per heavy atom. The van der Waals surface area contributed by atoms with Crippen molar-refractivity contribution in [2.75, 3.05) is 26.2 Å². The first-order chi connectivity index (χ1) is 12.6. The van der Waals surface area contributed by atoms with Crippen LogP contribution in [-0.2, 0) is 13.1 Å². The molecule has 3 aromatic rings. The number of aromatic nitrogens is 2. The summed E-state index contributed by atoms with van der Waals surface area (Å²) in [4.78, 5) is 23.2. The van der Waals surface area contributed by atoms with E-state index in [1.807, 2.05) is 31.2 Å². The van der Waals surface area contributed by atoms with Crippen LogP contribution in [0.15, 0.2) is 41.2 Å². The average Bonchev–Trinajstić information content (AvgIpc) is 3.01. The number of hydrogen-bond acceptors (Lipinski definition) is 5. The van der Waals surface area contributed by atoms with Crippen LogP contribution in [0.1, 0.15) is 16.3 Å². The van der Waals surface area contributed by atoms with Crippen molar-refractivity contribution in [1.82, 2.24) is 19.2 Å². The molecule has 3 aromatic heterocycles. The Morgan fingerprint density at radius 3 is 2.50 bits per heavy atom. The van der Waals surface area contributed by atoms with Gasteiger partial charge < -0.3 is 0 Å². The molecule has 5 nitrogen and oxygen atoms in total. The van der Waals surface area contributed by atoms with Crippen LogP contribution in [0.4, 0.5) is 0 Å². The summed E-state index contributed by atoms with van der Waals surface area (Å²) < 4.78 is 2.51. The predicted octanol–water partition coefficient (Wildman–Crippen LogP) is 3.04. The highest BCUT2D eigenvalue weighted by atomic mass is 35.5. The topological polar surface area (TPSA) is 40.9 Å². The Balaban J connectivity index is 1.40. The molecule has 0 N–H and O–H groups in total. The second-order valence-electron chi connectivity index (χ2n) is 6.70. The number of aryl methyl sites for hydroxylation is 1. The fourth-order valence-electron chi connectivity index (χ4n) is 3.44. The van der Waals surface area contributed by atoms with E-state index in [0.29, 0.717) is 0 Å². The van der Waals surface area contributed by atoms with E-state index in [2.05, 4.69) is 20.9 Å². The summed E-state index contributed by atoms with van der Waals surface area (Å²) in [6.07, 6.45) is 0. The van der Waals surface area contributed by atoms with Crippen molar-refractivity contribution in [2.24, 2.45) is 0 Å². The average molecular weight is 389 g/mol. The van der Waals surface area contributed by atoms with E-state index in [9.17, 15) is 4.79 Å². The second kappa shape index (κ2) is 7.48. The van der Waals surface area contributed by atoms with Crippen molar-refractivity contribution in [2.45, 2.75) is 20.0 Å². The molecule has 7 heteroatoms. The van der Waals surface area contributed by atoms with Crippen LogP contribution in [0.3, 0.4) is 0 Å². The van der Waals surface area contributed by atoms with Crippen LogP contribution in [0.5, 0.6) is 0 Å². The number of piperazine rings is 1. The van der Waals surface area contributed by atoms with Crippen LogP contribution in [0.25, 0.3) is 5.65 Å². The maximum Gasteiger partial charge on any atom is 0.258 e. The van der Waals surface area contributed by atoms with Gasteiger partial charge in [-0.05, 0) is 31.2 Å². The molecule has 4 rings (SSSR count). The highest BCUT2D eigenvalue weighted by Crippen LogP contribution is 2.23. The van der Waals surface area contributed by atoms with Crippen LogP contribution < -0.4 is 5.56 Å². The normalized spacial score (nSPS) is 16.4. The van der Waals surface area contributed by atoms with E-state index in [0.717, 1.165) is 60.6 Å². The fraction of sp³-hybridized carbons (Fsp3) is 0.368. The number of pyridine rings is 1. The third-order valence-electron chi connectivity index (χ3n) is 4.79. The van der Waals surface area contributed by atoms with E-state index >= 15 is 0 Å². The largest absolute Gasteiger partial charge is 0.296 e. The lowest BCUT2D eigenvalue weighted by molar-refractivity contribution is 0.122. The van der Waals surface area contributed by atoms with Gasteiger partial charge in [-0.25, -0.2) is 4.98 Å². The summed E-state index contributed by atoms with van der Waals surface area (Å²) in [5.41, 5.74) is 2.48. The van der Waals surface area contributed by atoms with Gasteiger partial charge in [-0.2, -0.15) is 0 Å². The van der Waals surface area contributed by atoms with Gasteiger partial charge >= 0.3 is 0 Å². The van der Waals surface area contributed by atoms with Crippen molar-refractivity contribution in [1.29, 1.82) is 0 Å². The Labute approximate surface area is 161 Å². The maximum absolute atomic E-state index is 12.4. The van der Waals surface area contributed by atoms with Gasteiger partial charge in [0.25, 0.3) is 5.56 Å². The minimum atomic E-state index is -0.00342. The number of thiophene rings is 1. The monoisotopic (exact) mass is 388 g/mol. The first-order valence-electron chi connectivity index (χ1n) is 8.76. The fourth-order valence-corrected chi connectivity index (χ4v) is 4.57. The molecule has 0 amide bonds. The molecule has 1 saturated heterocycles. The molecule has 0 bridgehead atoms. The Kier molecular flexibility index (Phi) is 5.09. The number of halogens is 1. The van der Waals surface area contributed by atoms with Crippen molar-refractivity contribution in [3.05, 3.63) is 67.4 Å². The maximum atomic E-state index is 12.4. The van der Waals surface area contributed by atoms with Gasteiger partial charge in [-0.1, -0.05) is 17.7 Å². The van der Waals surface area contributed by atoms with Gasteiger partial charge in [0.05, 0.1) is 10.0 Å². The summed E-state index contributed by atoms with van der Waals surface area (Å²) in [6, 6.07) is 11.5. The van der Waals surface area contributed by atoms with Crippen molar-refractivity contribution >= 4 is 28.6 Å². The summed E-state index contributed by atoms with van der Waals surface area (Å²) in [5, 5.41) is 0. The molecule has 4 heterocycles. The molecule has 0 saturated carbocycles. The molecule has 136 valence electrons. The molecular formula is C19H21ClN4OS. The van der Waals surface area contributed by atoms with Crippen molar-refractivity contribution in [3.63, 3.8) is 0 Å². The summed E-state index contributed by atoms with van der Waals surface area (Å²) in [7, 11) is 0. The molecule has 1 aliphatic heterocycles. The molecule has 1 aliphatic rings. The van der Waals surface area contributed by atoms with Crippen LogP contribution in [0.2, 0.25) is 4.34 Å². The third-order valence-corrected chi connectivity index (χ3v) is 6.01. The lowest BCUT2D eigenvalue weighted by atomic mass is 10.2. The quantitative estimate of drug-likeness (QED) is 0.688. The van der Waals surface area contributed by atoms with Gasteiger partial charge in [-0.3, -0.25) is 19.0 Å². The highest BCUT2D eigenvalue weighted by molar-refractivity contribution is 7.16. The lowest BCUT2D eigenvalue weighted by Gasteiger charge is -2.34. The first-order valence-corrected chi connectivity index (χ1v) is 9.95. The third kappa shape index (κ3) is 3.83. The van der Waals surface area contributed by atoms with Gasteiger partial charge in [0.1, 0.15) is 5.65 Å². The summed E-state index contributed by atoms with van der Waals surface area (Å²) in [5.74, 6) is 0. The molecule has 1 fully saturated rings. The molecule has 0 aliphatic carbocycles. The van der Waals surface area contributed by atoms with Crippen molar-refractivity contribution < 1.29 is 0 Å². The van der Waals surface area contributed by atoms with E-state index < -0.39 is 0 Å². The Morgan fingerprint density at radius 1 is 1.08 bits per heavy atom. The molecule has 26 heavy (non-hydrogen) atoms. The highest BCUT2D eigenvalue weighted by Gasteiger charge is 2.18. The van der Waals surface area contributed by atoms with Crippen molar-refractivity contribution in [3.8, 4) is 0 Å². The van der Waals surface area contributed by atoms with E-state index in [1.165, 1.54) is 4.88 Å². The predicted molar refractivity (Wildman–Crippen MR) is 106 cm³/mol. The number of hydrogen-bond donors (Lipinski definition) is 0. The van der Waals surface area contributed by atoms with E-state index in [4.69, 9.17) is 11.6 Å². The first kappa shape index (κ1) is 17.7. The minimum Gasteiger partial charge on any atom is -0.296 e. The lowest BCUT2D eigenvalue weighted by Crippen LogP contribution is -2.45. The summed E-state index contributed by atoms with van der Waals surface area (Å²) >= 11 is 7.66. The zero-order chi connectivity index (χ0) is 18.1. The zero-order valence-corrected chi connectivity index (χ0v) is 16.3. The molecule has 0 aromatic carbocycles. The van der Waals surface area contributed by atoms with Gasteiger partial charge in [0, 0.05) is 55.9 Å². The van der Waals surface area contributed by atoms with Crippen LogP contribution >= 0.6 is 22.9 Å². The number of rotatable bonds is 4. The molecular weight excluding hydrogens is 368 g/mol. The van der Waals surface area contributed by atoms with Gasteiger partial charge in [0.2, 0.25) is 0 Å². The van der Waals surface area contributed by atoms with Crippen LogP contribution in [0, 0.1) is 6.92 Å². The smallest absolute Gasteiger partial charge is 0.258 e. The van der Waals surface area contributed by atoms with E-state index in [-0.39, 0.29) is 5.56 Å². The molecule has 0 unspecified atom stereocenters. The zero-order valence-electron chi connectivity index (χ0n) is 14.7. The SMILES string of the molecule is Cc1cccc2nc(CN3CCN(Cc4ccc(Cl)s4)CC3)cc(=O)n12. The molecule has 0 spiro atoms. The number of fused-ring (bicyclic) bond motifs is 1. The Bertz CT molecular complexity index is 975. The second-order valence-corrected chi connectivity index (χ2v) is 8.50. The van der Waals surface area contributed by atoms with E-state index in [1.54, 1.807) is 21.8 Å². The molecule has 0 atom stereocenters. The van der Waals surface area contributed by atoms with Gasteiger partial charge in [0.15, 0.2) is 0 Å². The minimum absolute atomic E-state index is 0.00342. The van der Waals surface area contributed by atoms with Crippen LogP contribution in [-0.4, -0.2) is 45.4 Å².